The Kier molecular flexibility index (Phi) is 3.58. The molecule has 0 saturated carbocycles. The smallest absolute Gasteiger partial charge is 0.328 e. The van der Waals surface area contributed by atoms with Crippen LogP contribution in [-0.4, -0.2) is 16.1 Å². The lowest BCUT2D eigenvalue weighted by Gasteiger charge is -1.99. The van der Waals surface area contributed by atoms with Gasteiger partial charge in [0.15, 0.2) is 0 Å². The number of carbonyl (C=O) groups is 1. The van der Waals surface area contributed by atoms with Crippen LogP contribution in [0.25, 0.3) is 17.3 Å². The fourth-order valence-corrected chi connectivity index (χ4v) is 2.54. The standard InChI is InChI=1S/C14H13NO2S/c1-9-4-3-5-11(8-9)14-10(2)18-12(15-14)6-7-13(16)17/h3-8H,1-2H3,(H,16,17)/b7-6+. The molecule has 0 radical (unpaired) electrons. The van der Waals surface area contributed by atoms with Gasteiger partial charge in [0.25, 0.3) is 0 Å². The van der Waals surface area contributed by atoms with Crippen molar-refractivity contribution in [3.8, 4) is 11.3 Å². The molecule has 0 aliphatic rings. The minimum atomic E-state index is -0.958. The summed E-state index contributed by atoms with van der Waals surface area (Å²) < 4.78 is 0. The molecular weight excluding hydrogens is 246 g/mol. The van der Waals surface area contributed by atoms with Crippen molar-refractivity contribution in [2.24, 2.45) is 0 Å². The van der Waals surface area contributed by atoms with E-state index in [9.17, 15) is 4.79 Å². The first-order valence-corrected chi connectivity index (χ1v) is 6.33. The van der Waals surface area contributed by atoms with Crippen LogP contribution in [0.2, 0.25) is 0 Å². The average molecular weight is 259 g/mol. The number of nitrogens with zero attached hydrogens (tertiary/aromatic N) is 1. The number of aryl methyl sites for hydroxylation is 2. The highest BCUT2D eigenvalue weighted by Gasteiger charge is 2.08. The predicted octanol–water partition coefficient (Wildman–Crippen LogP) is 3.52. The first-order chi connectivity index (χ1) is 8.56. The summed E-state index contributed by atoms with van der Waals surface area (Å²) >= 11 is 1.50. The van der Waals surface area contributed by atoms with Crippen LogP contribution in [0.1, 0.15) is 15.4 Å². The Bertz CT molecular complexity index is 614. The van der Waals surface area contributed by atoms with Gasteiger partial charge >= 0.3 is 5.97 Å². The van der Waals surface area contributed by atoms with Crippen LogP contribution in [-0.2, 0) is 4.79 Å². The van der Waals surface area contributed by atoms with Crippen LogP contribution in [0.15, 0.2) is 30.3 Å². The second-order valence-electron chi connectivity index (χ2n) is 4.00. The molecular formula is C14H13NO2S. The number of hydrogen-bond donors (Lipinski definition) is 1. The van der Waals surface area contributed by atoms with E-state index in [1.165, 1.54) is 23.0 Å². The summed E-state index contributed by atoms with van der Waals surface area (Å²) in [6.07, 6.45) is 2.64. The topological polar surface area (TPSA) is 50.2 Å². The van der Waals surface area contributed by atoms with E-state index in [0.717, 1.165) is 22.2 Å². The lowest BCUT2D eigenvalue weighted by Crippen LogP contribution is -1.85. The van der Waals surface area contributed by atoms with Crippen LogP contribution < -0.4 is 0 Å². The van der Waals surface area contributed by atoms with Gasteiger partial charge in [0.2, 0.25) is 0 Å². The van der Waals surface area contributed by atoms with Crippen LogP contribution >= 0.6 is 11.3 Å². The maximum absolute atomic E-state index is 10.5. The zero-order valence-corrected chi connectivity index (χ0v) is 11.0. The quantitative estimate of drug-likeness (QED) is 0.858. The molecule has 0 bridgehead atoms. The minimum Gasteiger partial charge on any atom is -0.478 e. The number of rotatable bonds is 3. The van der Waals surface area contributed by atoms with Crippen LogP contribution in [0, 0.1) is 13.8 Å². The van der Waals surface area contributed by atoms with Gasteiger partial charge in [-0.15, -0.1) is 11.3 Å². The summed E-state index contributed by atoms with van der Waals surface area (Å²) in [4.78, 5) is 16.0. The molecule has 1 aromatic heterocycles. The van der Waals surface area contributed by atoms with E-state index in [1.54, 1.807) is 0 Å². The zero-order valence-electron chi connectivity index (χ0n) is 10.2. The van der Waals surface area contributed by atoms with E-state index in [0.29, 0.717) is 5.01 Å². The highest BCUT2D eigenvalue weighted by molar-refractivity contribution is 7.12. The number of aromatic nitrogens is 1. The summed E-state index contributed by atoms with van der Waals surface area (Å²) in [5.41, 5.74) is 3.18. The van der Waals surface area contributed by atoms with Crippen molar-refractivity contribution in [2.45, 2.75) is 13.8 Å². The Balaban J connectivity index is 2.38. The Hall–Kier alpha value is -1.94. The van der Waals surface area contributed by atoms with Crippen molar-refractivity contribution in [3.63, 3.8) is 0 Å². The second kappa shape index (κ2) is 5.14. The van der Waals surface area contributed by atoms with E-state index in [-0.39, 0.29) is 0 Å². The van der Waals surface area contributed by atoms with Crippen LogP contribution in [0.3, 0.4) is 0 Å². The molecule has 1 aromatic carbocycles. The summed E-state index contributed by atoms with van der Waals surface area (Å²) in [5, 5.41) is 9.31. The molecule has 2 rings (SSSR count). The lowest BCUT2D eigenvalue weighted by atomic mass is 10.1. The van der Waals surface area contributed by atoms with Gasteiger partial charge in [0, 0.05) is 16.5 Å². The van der Waals surface area contributed by atoms with Gasteiger partial charge in [-0.2, -0.15) is 0 Å². The number of carboxylic acids is 1. The fourth-order valence-electron chi connectivity index (χ4n) is 1.69. The van der Waals surface area contributed by atoms with Crippen molar-refractivity contribution >= 4 is 23.4 Å². The molecule has 0 spiro atoms. The Labute approximate surface area is 109 Å². The summed E-state index contributed by atoms with van der Waals surface area (Å²) in [6.45, 7) is 4.03. The highest BCUT2D eigenvalue weighted by atomic mass is 32.1. The molecule has 1 heterocycles. The molecule has 4 heteroatoms. The summed E-state index contributed by atoms with van der Waals surface area (Å²) in [7, 11) is 0. The van der Waals surface area contributed by atoms with E-state index >= 15 is 0 Å². The third-order valence-corrected chi connectivity index (χ3v) is 3.41. The van der Waals surface area contributed by atoms with Crippen molar-refractivity contribution in [3.05, 3.63) is 45.8 Å². The van der Waals surface area contributed by atoms with Gasteiger partial charge in [-0.1, -0.05) is 23.8 Å². The Morgan fingerprint density at radius 2 is 2.17 bits per heavy atom. The predicted molar refractivity (Wildman–Crippen MR) is 73.7 cm³/mol. The molecule has 92 valence electrons. The number of carboxylic acid groups (broad SMARTS) is 1. The van der Waals surface area contributed by atoms with Crippen molar-refractivity contribution < 1.29 is 9.90 Å². The van der Waals surface area contributed by atoms with Gasteiger partial charge < -0.3 is 5.11 Å². The minimum absolute atomic E-state index is 0.714. The first-order valence-electron chi connectivity index (χ1n) is 5.52. The van der Waals surface area contributed by atoms with Crippen molar-refractivity contribution in [1.29, 1.82) is 0 Å². The van der Waals surface area contributed by atoms with Gasteiger partial charge in [0.05, 0.1) is 5.69 Å². The number of hydrogen-bond acceptors (Lipinski definition) is 3. The second-order valence-corrected chi connectivity index (χ2v) is 5.23. The van der Waals surface area contributed by atoms with E-state index in [2.05, 4.69) is 11.1 Å². The molecule has 0 aliphatic carbocycles. The van der Waals surface area contributed by atoms with Crippen molar-refractivity contribution in [2.75, 3.05) is 0 Å². The number of benzene rings is 1. The molecule has 0 fully saturated rings. The molecule has 0 amide bonds. The fraction of sp³-hybridized carbons (Fsp3) is 0.143. The van der Waals surface area contributed by atoms with Gasteiger partial charge in [0.1, 0.15) is 5.01 Å². The molecule has 0 saturated heterocycles. The zero-order chi connectivity index (χ0) is 13.1. The maximum Gasteiger partial charge on any atom is 0.328 e. The normalized spacial score (nSPS) is 11.0. The highest BCUT2D eigenvalue weighted by Crippen LogP contribution is 2.28. The molecule has 18 heavy (non-hydrogen) atoms. The van der Waals surface area contributed by atoms with Crippen LogP contribution in [0.5, 0.6) is 0 Å². The SMILES string of the molecule is Cc1cccc(-c2nc(/C=C/C(=O)O)sc2C)c1. The maximum atomic E-state index is 10.5. The lowest BCUT2D eigenvalue weighted by molar-refractivity contribution is -0.131. The molecule has 0 atom stereocenters. The van der Waals surface area contributed by atoms with E-state index in [4.69, 9.17) is 5.11 Å². The Morgan fingerprint density at radius 3 is 2.83 bits per heavy atom. The number of aliphatic carboxylic acids is 1. The average Bonchev–Trinajstić information content (AvgIpc) is 2.68. The third kappa shape index (κ3) is 2.84. The molecule has 0 unspecified atom stereocenters. The summed E-state index contributed by atoms with van der Waals surface area (Å²) in [5.74, 6) is -0.958. The first kappa shape index (κ1) is 12.5. The van der Waals surface area contributed by atoms with Gasteiger partial charge in [-0.25, -0.2) is 9.78 Å². The third-order valence-electron chi connectivity index (χ3n) is 2.47. The van der Waals surface area contributed by atoms with Crippen LogP contribution in [0.4, 0.5) is 0 Å². The van der Waals surface area contributed by atoms with E-state index in [1.807, 2.05) is 32.0 Å². The molecule has 2 aromatic rings. The van der Waals surface area contributed by atoms with Crippen molar-refractivity contribution in [1.82, 2.24) is 4.98 Å². The molecule has 0 aliphatic heterocycles. The Morgan fingerprint density at radius 1 is 1.39 bits per heavy atom. The largest absolute Gasteiger partial charge is 0.478 e. The molecule has 1 N–H and O–H groups in total. The van der Waals surface area contributed by atoms with Gasteiger partial charge in [-0.05, 0) is 26.0 Å². The van der Waals surface area contributed by atoms with Gasteiger partial charge in [-0.3, -0.25) is 0 Å². The summed E-state index contributed by atoms with van der Waals surface area (Å²) in [6, 6.07) is 8.12. The van der Waals surface area contributed by atoms with E-state index < -0.39 is 5.97 Å². The number of thiazole rings is 1. The monoisotopic (exact) mass is 259 g/mol. The molecule has 3 nitrogen and oxygen atoms in total.